The zero-order valence-corrected chi connectivity index (χ0v) is 18.5. The van der Waals surface area contributed by atoms with Gasteiger partial charge in [0, 0.05) is 12.4 Å². The molecule has 32 heavy (non-hydrogen) atoms. The lowest BCUT2D eigenvalue weighted by Gasteiger charge is -2.21. The molecular weight excluding hydrogens is 475 g/mol. The fraction of sp³-hybridized carbons (Fsp3) is 0.412. The molecule has 3 heterocycles. The summed E-state index contributed by atoms with van der Waals surface area (Å²) in [6.45, 7) is 3.55. The van der Waals surface area contributed by atoms with Crippen LogP contribution in [0.15, 0.2) is 22.1 Å². The lowest BCUT2D eigenvalue weighted by atomic mass is 10.3. The number of aromatic nitrogens is 6. The number of alkyl halides is 3. The zero-order chi connectivity index (χ0) is 23.8. The van der Waals surface area contributed by atoms with Gasteiger partial charge in [0.1, 0.15) is 22.3 Å². The number of sulfone groups is 1. The van der Waals surface area contributed by atoms with Gasteiger partial charge >= 0.3 is 6.18 Å². The molecule has 3 aromatic heterocycles. The number of hydrogen-bond donors (Lipinski definition) is 1. The molecule has 0 spiro atoms. The van der Waals surface area contributed by atoms with E-state index in [1.165, 1.54) is 13.8 Å². The van der Waals surface area contributed by atoms with Gasteiger partial charge in [-0.3, -0.25) is 9.36 Å². The third-order valence-electron chi connectivity index (χ3n) is 4.58. The molecule has 0 radical (unpaired) electrons. The average molecular weight is 492 g/mol. The van der Waals surface area contributed by atoms with E-state index in [0.29, 0.717) is 4.57 Å². The van der Waals surface area contributed by atoms with Crippen molar-refractivity contribution in [3.63, 3.8) is 0 Å². The van der Waals surface area contributed by atoms with Gasteiger partial charge in [-0.1, -0.05) is 6.92 Å². The van der Waals surface area contributed by atoms with E-state index in [-0.39, 0.29) is 45.2 Å². The van der Waals surface area contributed by atoms with Crippen LogP contribution in [0.2, 0.25) is 5.28 Å². The van der Waals surface area contributed by atoms with Crippen LogP contribution in [0.3, 0.4) is 0 Å². The molecule has 0 aliphatic heterocycles. The number of nitrogens with zero attached hydrogens (tertiary/aromatic N) is 6. The monoisotopic (exact) mass is 491 g/mol. The second-order valence-corrected chi connectivity index (χ2v) is 9.31. The van der Waals surface area contributed by atoms with Crippen LogP contribution in [-0.2, 0) is 16.4 Å². The molecule has 15 heteroatoms. The van der Waals surface area contributed by atoms with Crippen LogP contribution in [0.1, 0.15) is 31.4 Å². The maximum atomic E-state index is 13.4. The summed E-state index contributed by atoms with van der Waals surface area (Å²) in [7, 11) is -3.49. The molecule has 1 atom stereocenters. The van der Waals surface area contributed by atoms with E-state index in [9.17, 15) is 26.4 Å². The molecule has 3 rings (SSSR count). The Balaban J connectivity index is 2.04. The Bertz CT molecular complexity index is 1330. The van der Waals surface area contributed by atoms with Crippen molar-refractivity contribution in [3.05, 3.63) is 39.5 Å². The molecular formula is C17H17ClF3N7O3S. The molecule has 0 amide bonds. The third kappa shape index (κ3) is 4.65. The smallest absolute Gasteiger partial charge is 0.358 e. The Labute approximate surface area is 184 Å². The third-order valence-corrected chi connectivity index (χ3v) is 6.44. The van der Waals surface area contributed by atoms with Crippen LogP contribution in [0, 0.1) is 6.92 Å². The highest BCUT2D eigenvalue weighted by molar-refractivity contribution is 7.91. The Morgan fingerprint density at radius 1 is 1.19 bits per heavy atom. The van der Waals surface area contributed by atoms with Crippen LogP contribution in [0.25, 0.3) is 11.2 Å². The molecule has 0 unspecified atom stereocenters. The van der Waals surface area contributed by atoms with Crippen LogP contribution < -0.4 is 10.9 Å². The Morgan fingerprint density at radius 2 is 1.81 bits per heavy atom. The van der Waals surface area contributed by atoms with E-state index in [1.807, 2.05) is 0 Å². The first kappa shape index (κ1) is 23.8. The van der Waals surface area contributed by atoms with E-state index >= 15 is 0 Å². The Morgan fingerprint density at radius 3 is 2.38 bits per heavy atom. The zero-order valence-electron chi connectivity index (χ0n) is 17.0. The highest BCUT2D eigenvalue weighted by atomic mass is 35.5. The summed E-state index contributed by atoms with van der Waals surface area (Å²) < 4.78 is 64.5. The predicted molar refractivity (Wildman–Crippen MR) is 109 cm³/mol. The topological polar surface area (TPSA) is 133 Å². The van der Waals surface area contributed by atoms with Crippen molar-refractivity contribution in [2.24, 2.45) is 0 Å². The van der Waals surface area contributed by atoms with Crippen molar-refractivity contribution >= 4 is 38.4 Å². The van der Waals surface area contributed by atoms with Gasteiger partial charge in [-0.15, -0.1) is 0 Å². The molecule has 0 aliphatic rings. The highest BCUT2D eigenvalue weighted by Gasteiger charge is 2.39. The van der Waals surface area contributed by atoms with Gasteiger partial charge < -0.3 is 5.32 Å². The summed E-state index contributed by atoms with van der Waals surface area (Å²) in [4.78, 5) is 32.3. The Kier molecular flexibility index (Phi) is 6.38. The largest absolute Gasteiger partial charge is 0.409 e. The minimum atomic E-state index is -4.75. The fourth-order valence-corrected chi connectivity index (χ4v) is 3.70. The number of nitrogens with one attached hydrogen (secondary N) is 1. The minimum absolute atomic E-state index is 0.0436. The minimum Gasteiger partial charge on any atom is -0.358 e. The number of anilines is 1. The summed E-state index contributed by atoms with van der Waals surface area (Å²) in [5.74, 6) is -0.436. The number of fused-ring (bicyclic) bond motifs is 1. The Hall–Kier alpha value is -2.87. The summed E-state index contributed by atoms with van der Waals surface area (Å²) in [6.07, 6.45) is -2.52. The molecule has 3 aromatic rings. The van der Waals surface area contributed by atoms with Gasteiger partial charge in [0.15, 0.2) is 21.3 Å². The first-order valence-corrected chi connectivity index (χ1v) is 11.2. The van der Waals surface area contributed by atoms with Crippen molar-refractivity contribution in [3.8, 4) is 0 Å². The van der Waals surface area contributed by atoms with Crippen LogP contribution in [0.4, 0.5) is 19.0 Å². The molecule has 10 nitrogen and oxygen atoms in total. The summed E-state index contributed by atoms with van der Waals surface area (Å²) in [6, 6.07) is -2.22. The van der Waals surface area contributed by atoms with E-state index in [0.717, 1.165) is 19.3 Å². The van der Waals surface area contributed by atoms with E-state index < -0.39 is 33.4 Å². The molecule has 172 valence electrons. The average Bonchev–Trinajstić information content (AvgIpc) is 2.71. The van der Waals surface area contributed by atoms with Crippen molar-refractivity contribution in [2.45, 2.75) is 44.4 Å². The van der Waals surface area contributed by atoms with Crippen molar-refractivity contribution in [2.75, 3.05) is 11.1 Å². The van der Waals surface area contributed by atoms with Gasteiger partial charge in [-0.2, -0.15) is 18.2 Å². The second-order valence-electron chi connectivity index (χ2n) is 6.70. The van der Waals surface area contributed by atoms with E-state index in [4.69, 9.17) is 11.6 Å². The maximum absolute atomic E-state index is 13.4. The highest BCUT2D eigenvalue weighted by Crippen LogP contribution is 2.31. The van der Waals surface area contributed by atoms with Crippen molar-refractivity contribution in [1.29, 1.82) is 0 Å². The van der Waals surface area contributed by atoms with Gasteiger partial charge in [0.05, 0.1) is 18.0 Å². The summed E-state index contributed by atoms with van der Waals surface area (Å²) in [5.41, 5.74) is -1.30. The predicted octanol–water partition coefficient (Wildman–Crippen LogP) is 2.47. The lowest BCUT2D eigenvalue weighted by molar-refractivity contribution is -0.162. The van der Waals surface area contributed by atoms with Crippen LogP contribution >= 0.6 is 11.6 Å². The van der Waals surface area contributed by atoms with Gasteiger partial charge in [0.2, 0.25) is 5.28 Å². The first-order valence-electron chi connectivity index (χ1n) is 9.15. The normalized spacial score (nSPS) is 13.3. The summed E-state index contributed by atoms with van der Waals surface area (Å²) >= 11 is 5.78. The molecule has 0 saturated carbocycles. The van der Waals surface area contributed by atoms with Gasteiger partial charge in [0.25, 0.3) is 5.56 Å². The van der Waals surface area contributed by atoms with Crippen LogP contribution in [0.5, 0.6) is 0 Å². The summed E-state index contributed by atoms with van der Waals surface area (Å²) in [5, 5.41) is 2.28. The number of aryl methyl sites for hydroxylation is 1. The molecule has 0 aromatic carbocycles. The standard InChI is InChI=1S/C17H17ClF3N7O3S/c1-4-32(30,31)10-5-22-11(23-6-10)7-24-13-15(29)28(9(3)17(19,20)21)14-12(26-13)8(2)25-16(18)27-14/h5-6,9H,4,7H2,1-3H3,(H,24,26)/t9-/m0/s1. The molecule has 0 aliphatic carbocycles. The maximum Gasteiger partial charge on any atom is 0.409 e. The fourth-order valence-electron chi connectivity index (χ4n) is 2.73. The van der Waals surface area contributed by atoms with Gasteiger partial charge in [-0.05, 0) is 25.4 Å². The van der Waals surface area contributed by atoms with E-state index in [2.05, 4.69) is 30.2 Å². The molecule has 0 bridgehead atoms. The molecule has 1 N–H and O–H groups in total. The second kappa shape index (κ2) is 8.58. The quantitative estimate of drug-likeness (QED) is 0.516. The number of hydrogen-bond acceptors (Lipinski definition) is 9. The number of halogens is 4. The lowest BCUT2D eigenvalue weighted by Crippen LogP contribution is -2.35. The van der Waals surface area contributed by atoms with Crippen LogP contribution in [-0.4, -0.2) is 49.8 Å². The SMILES string of the molecule is CCS(=O)(=O)c1cnc(CNc2nc3c(C)nc(Cl)nc3n([C@@H](C)C(F)(F)F)c2=O)nc1. The van der Waals surface area contributed by atoms with Gasteiger partial charge in [-0.25, -0.2) is 28.4 Å². The molecule has 0 saturated heterocycles. The van der Waals surface area contributed by atoms with Crippen molar-refractivity contribution < 1.29 is 21.6 Å². The number of rotatable bonds is 6. The molecule has 0 fully saturated rings. The first-order chi connectivity index (χ1) is 14.8. The van der Waals surface area contributed by atoms with Crippen molar-refractivity contribution in [1.82, 2.24) is 29.5 Å². The van der Waals surface area contributed by atoms with E-state index in [1.54, 1.807) is 0 Å².